The summed E-state index contributed by atoms with van der Waals surface area (Å²) in [4.78, 5) is 3.55. The van der Waals surface area contributed by atoms with Crippen molar-refractivity contribution in [3.63, 3.8) is 0 Å². The molecule has 1 aromatic heterocycles. The predicted molar refractivity (Wildman–Crippen MR) is 69.8 cm³/mol. The average molecular weight is 273 g/mol. The van der Waals surface area contributed by atoms with Gasteiger partial charge in [0.15, 0.2) is 5.82 Å². The van der Waals surface area contributed by atoms with Crippen LogP contribution in [0.4, 0.5) is 8.78 Å². The van der Waals surface area contributed by atoms with Gasteiger partial charge in [-0.25, -0.2) is 13.8 Å². The molecule has 0 aliphatic heterocycles. The van der Waals surface area contributed by atoms with E-state index in [9.17, 15) is 13.9 Å². The predicted octanol–water partition coefficient (Wildman–Crippen LogP) is 4.01. The zero-order chi connectivity index (χ0) is 14.1. The summed E-state index contributed by atoms with van der Waals surface area (Å²) < 4.78 is 31.5. The molecule has 1 heterocycles. The van der Waals surface area contributed by atoms with E-state index in [1.54, 1.807) is 36.4 Å². The number of ether oxygens (including phenoxy) is 1. The summed E-state index contributed by atoms with van der Waals surface area (Å²) in [5, 5.41) is 11.1. The SMILES string of the molecule is Oc1ccc2ccc(Oc3ncc(F)cc3F)cc2c1. The summed E-state index contributed by atoms with van der Waals surface area (Å²) in [5.41, 5.74) is 0. The van der Waals surface area contributed by atoms with E-state index in [-0.39, 0.29) is 11.6 Å². The van der Waals surface area contributed by atoms with Crippen molar-refractivity contribution in [3.05, 3.63) is 60.3 Å². The van der Waals surface area contributed by atoms with Gasteiger partial charge in [0, 0.05) is 6.07 Å². The minimum absolute atomic E-state index is 0.126. The van der Waals surface area contributed by atoms with Gasteiger partial charge in [0.05, 0.1) is 6.20 Å². The lowest BCUT2D eigenvalue weighted by Crippen LogP contribution is -1.93. The van der Waals surface area contributed by atoms with Gasteiger partial charge in [-0.3, -0.25) is 0 Å². The summed E-state index contributed by atoms with van der Waals surface area (Å²) in [7, 11) is 0. The molecule has 0 unspecified atom stereocenters. The van der Waals surface area contributed by atoms with Crippen LogP contribution in [0.2, 0.25) is 0 Å². The first kappa shape index (κ1) is 12.3. The van der Waals surface area contributed by atoms with E-state index in [4.69, 9.17) is 4.74 Å². The number of fused-ring (bicyclic) bond motifs is 1. The van der Waals surface area contributed by atoms with E-state index in [1.807, 2.05) is 0 Å². The van der Waals surface area contributed by atoms with Crippen LogP contribution in [0.15, 0.2) is 48.7 Å². The Hall–Kier alpha value is -2.69. The molecule has 1 N–H and O–H groups in total. The number of phenolic OH excluding ortho intramolecular Hbond substituents is 1. The fourth-order valence-electron chi connectivity index (χ4n) is 1.86. The Morgan fingerprint density at radius 2 is 1.75 bits per heavy atom. The third-order valence-electron chi connectivity index (χ3n) is 2.78. The van der Waals surface area contributed by atoms with Crippen LogP contribution in [-0.2, 0) is 0 Å². The van der Waals surface area contributed by atoms with Crippen molar-refractivity contribution in [1.82, 2.24) is 4.98 Å². The molecular formula is C15H9F2NO2. The van der Waals surface area contributed by atoms with Gasteiger partial charge in [-0.15, -0.1) is 0 Å². The molecular weight excluding hydrogens is 264 g/mol. The van der Waals surface area contributed by atoms with Gasteiger partial charge in [0.1, 0.15) is 17.3 Å². The van der Waals surface area contributed by atoms with Crippen LogP contribution < -0.4 is 4.74 Å². The molecule has 0 fully saturated rings. The van der Waals surface area contributed by atoms with Crippen LogP contribution in [0, 0.1) is 11.6 Å². The Balaban J connectivity index is 1.98. The third kappa shape index (κ3) is 2.38. The lowest BCUT2D eigenvalue weighted by atomic mass is 10.1. The number of nitrogens with zero attached hydrogens (tertiary/aromatic N) is 1. The maximum atomic E-state index is 13.4. The number of hydrogen-bond donors (Lipinski definition) is 1. The molecule has 0 atom stereocenters. The van der Waals surface area contributed by atoms with Gasteiger partial charge in [0.2, 0.25) is 0 Å². The van der Waals surface area contributed by atoms with Crippen LogP contribution in [0.5, 0.6) is 17.4 Å². The largest absolute Gasteiger partial charge is 0.508 e. The Morgan fingerprint density at radius 3 is 2.55 bits per heavy atom. The van der Waals surface area contributed by atoms with E-state index in [0.717, 1.165) is 17.0 Å². The van der Waals surface area contributed by atoms with Crippen LogP contribution in [-0.4, -0.2) is 10.1 Å². The van der Waals surface area contributed by atoms with Crippen LogP contribution in [0.1, 0.15) is 0 Å². The Bertz CT molecular complexity index is 790. The summed E-state index contributed by atoms with van der Waals surface area (Å²) in [6.45, 7) is 0. The van der Waals surface area contributed by atoms with E-state index in [0.29, 0.717) is 11.8 Å². The summed E-state index contributed by atoms with van der Waals surface area (Å²) in [6.07, 6.45) is 0.880. The lowest BCUT2D eigenvalue weighted by molar-refractivity contribution is 0.417. The van der Waals surface area contributed by atoms with Crippen molar-refractivity contribution in [2.45, 2.75) is 0 Å². The highest BCUT2D eigenvalue weighted by Gasteiger charge is 2.08. The van der Waals surface area contributed by atoms with Crippen molar-refractivity contribution in [1.29, 1.82) is 0 Å². The molecule has 5 heteroatoms. The number of halogens is 2. The Kier molecular flexibility index (Phi) is 2.95. The molecule has 20 heavy (non-hydrogen) atoms. The zero-order valence-corrected chi connectivity index (χ0v) is 10.2. The molecule has 3 nitrogen and oxygen atoms in total. The van der Waals surface area contributed by atoms with Crippen molar-refractivity contribution in [2.75, 3.05) is 0 Å². The third-order valence-corrected chi connectivity index (χ3v) is 2.78. The highest BCUT2D eigenvalue weighted by molar-refractivity contribution is 5.85. The van der Waals surface area contributed by atoms with Crippen LogP contribution >= 0.6 is 0 Å². The van der Waals surface area contributed by atoms with Gasteiger partial charge >= 0.3 is 0 Å². The smallest absolute Gasteiger partial charge is 0.256 e. The van der Waals surface area contributed by atoms with Crippen molar-refractivity contribution >= 4 is 10.8 Å². The molecule has 2 aromatic carbocycles. The first-order valence-corrected chi connectivity index (χ1v) is 5.83. The normalized spacial score (nSPS) is 10.7. The fraction of sp³-hybridized carbons (Fsp3) is 0. The monoisotopic (exact) mass is 273 g/mol. The van der Waals surface area contributed by atoms with E-state index < -0.39 is 11.6 Å². The van der Waals surface area contributed by atoms with Gasteiger partial charge in [-0.1, -0.05) is 12.1 Å². The van der Waals surface area contributed by atoms with Gasteiger partial charge in [0.25, 0.3) is 5.88 Å². The number of aromatic nitrogens is 1. The van der Waals surface area contributed by atoms with Crippen LogP contribution in [0.25, 0.3) is 10.8 Å². The molecule has 0 bridgehead atoms. The first-order valence-electron chi connectivity index (χ1n) is 5.83. The number of benzene rings is 2. The second-order valence-electron chi connectivity index (χ2n) is 4.24. The van der Waals surface area contributed by atoms with E-state index in [2.05, 4.69) is 4.98 Å². The van der Waals surface area contributed by atoms with Gasteiger partial charge in [-0.2, -0.15) is 0 Å². The molecule has 0 aliphatic rings. The van der Waals surface area contributed by atoms with Crippen molar-refractivity contribution in [2.24, 2.45) is 0 Å². The molecule has 0 aliphatic carbocycles. The maximum absolute atomic E-state index is 13.4. The standard InChI is InChI=1S/C15H9F2NO2/c16-11-7-14(17)15(18-8-11)20-13-4-2-9-1-3-12(19)5-10(9)6-13/h1-8,19H. The van der Waals surface area contributed by atoms with E-state index in [1.165, 1.54) is 0 Å². The lowest BCUT2D eigenvalue weighted by Gasteiger charge is -2.07. The highest BCUT2D eigenvalue weighted by Crippen LogP contribution is 2.28. The number of aromatic hydroxyl groups is 1. The number of hydrogen-bond acceptors (Lipinski definition) is 3. The fourth-order valence-corrected chi connectivity index (χ4v) is 1.86. The number of phenols is 1. The molecule has 0 saturated carbocycles. The van der Waals surface area contributed by atoms with Gasteiger partial charge < -0.3 is 9.84 Å². The molecule has 0 radical (unpaired) electrons. The minimum Gasteiger partial charge on any atom is -0.508 e. The minimum atomic E-state index is -0.874. The second kappa shape index (κ2) is 4.77. The molecule has 3 aromatic rings. The van der Waals surface area contributed by atoms with Crippen molar-refractivity contribution in [3.8, 4) is 17.4 Å². The summed E-state index contributed by atoms with van der Waals surface area (Å²) in [6, 6.07) is 10.6. The molecule has 0 amide bonds. The van der Waals surface area contributed by atoms with Gasteiger partial charge in [-0.05, 0) is 35.0 Å². The Labute approximate surface area is 113 Å². The molecule has 0 spiro atoms. The zero-order valence-electron chi connectivity index (χ0n) is 10.2. The topological polar surface area (TPSA) is 42.4 Å². The van der Waals surface area contributed by atoms with Crippen molar-refractivity contribution < 1.29 is 18.6 Å². The quantitative estimate of drug-likeness (QED) is 0.767. The number of pyridine rings is 1. The molecule has 3 rings (SSSR count). The number of rotatable bonds is 2. The first-order chi connectivity index (χ1) is 9.61. The summed E-state index contributed by atoms with van der Waals surface area (Å²) in [5.74, 6) is -1.47. The molecule has 100 valence electrons. The Morgan fingerprint density at radius 1 is 0.950 bits per heavy atom. The average Bonchev–Trinajstić information content (AvgIpc) is 2.41. The second-order valence-corrected chi connectivity index (χ2v) is 4.24. The maximum Gasteiger partial charge on any atom is 0.256 e. The van der Waals surface area contributed by atoms with E-state index >= 15 is 0 Å². The summed E-state index contributed by atoms with van der Waals surface area (Å²) >= 11 is 0. The molecule has 0 saturated heterocycles. The highest BCUT2D eigenvalue weighted by atomic mass is 19.1. The van der Waals surface area contributed by atoms with Crippen LogP contribution in [0.3, 0.4) is 0 Å².